The van der Waals surface area contributed by atoms with Crippen LogP contribution in [-0.4, -0.2) is 107 Å². The average Bonchev–Trinajstić information content (AvgIpc) is 0.933. The third kappa shape index (κ3) is 16.1. The van der Waals surface area contributed by atoms with E-state index in [1.54, 1.807) is 119 Å². The van der Waals surface area contributed by atoms with Crippen molar-refractivity contribution >= 4 is 30.1 Å². The molecule has 104 heavy (non-hydrogen) atoms. The molecule has 6 atom stereocenters. The molecule has 6 aliphatic rings. The van der Waals surface area contributed by atoms with Gasteiger partial charge in [0.25, 0.3) is 0 Å². The van der Waals surface area contributed by atoms with Gasteiger partial charge >= 0.3 is 0 Å². The van der Waals surface area contributed by atoms with Crippen molar-refractivity contribution in [2.24, 2.45) is 5.73 Å². The van der Waals surface area contributed by atoms with Crippen molar-refractivity contribution in [2.75, 3.05) is 0 Å². The van der Waals surface area contributed by atoms with Crippen molar-refractivity contribution in [2.45, 2.75) is 225 Å². The molecule has 0 radical (unpaired) electrons. The molecule has 6 fully saturated rings. The Hall–Kier alpha value is -7.25. The number of aromatic nitrogens is 6. The first-order chi connectivity index (χ1) is 49.5. The smallest absolute Gasteiger partial charge is 0.221 e. The summed E-state index contributed by atoms with van der Waals surface area (Å²) in [5, 5.41) is 46.4. The lowest BCUT2D eigenvalue weighted by Crippen LogP contribution is -2.45. The predicted molar refractivity (Wildman–Crippen MR) is 379 cm³/mol. The zero-order valence-corrected chi connectivity index (χ0v) is 60.8. The maximum atomic E-state index is 15.3. The fourth-order valence-corrected chi connectivity index (χ4v) is 22.8. The fourth-order valence-electron chi connectivity index (χ4n) is 16.2. The average molecular weight is 1500 g/mol. The third-order valence-electron chi connectivity index (χ3n) is 22.6. The van der Waals surface area contributed by atoms with Gasteiger partial charge in [-0.1, -0.05) is 91.0 Å². The Labute approximate surface area is 604 Å². The summed E-state index contributed by atoms with van der Waals surface area (Å²) < 4.78 is 179. The highest BCUT2D eigenvalue weighted by Gasteiger charge is 2.46. The summed E-state index contributed by atoms with van der Waals surface area (Å²) in [5.74, 6) is -4.32. The van der Waals surface area contributed by atoms with Crippen LogP contribution in [0.1, 0.15) is 214 Å². The highest BCUT2D eigenvalue weighted by Crippen LogP contribution is 2.48. The number of halogens is 6. The van der Waals surface area contributed by atoms with Crippen molar-refractivity contribution in [3.63, 3.8) is 0 Å². The first-order valence-electron chi connectivity index (χ1n) is 35.7. The van der Waals surface area contributed by atoms with E-state index in [1.165, 1.54) is 12.9 Å². The molecule has 3 aliphatic heterocycles. The number of rotatable bonds is 14. The summed E-state index contributed by atoms with van der Waals surface area (Å²) >= 11 is 0. The molecule has 8 aromatic rings. The van der Waals surface area contributed by atoms with E-state index >= 15 is 26.3 Å². The highest BCUT2D eigenvalue weighted by atomic mass is 32.2. The van der Waals surface area contributed by atoms with E-state index in [1.807, 2.05) is 27.3 Å². The molecule has 0 amide bonds. The molecule has 14 rings (SSSR count). The van der Waals surface area contributed by atoms with Gasteiger partial charge in [-0.15, -0.1) is 20.4 Å². The number of nitrogens with two attached hydrogens (primary N) is 1. The Bertz CT molecular complexity index is 4410. The monoisotopic (exact) mass is 1500 g/mol. The first-order valence-corrected chi connectivity index (χ1v) is 40.2. The van der Waals surface area contributed by atoms with Crippen molar-refractivity contribution in [1.82, 2.24) is 42.4 Å². The number of hydrogen-bond donors (Lipinski definition) is 4. The SMILES string of the molecule is C[C@H]1CCC(c2ccccc2)S(=O)(=O)N1Cc1cc(F)c(C2(O)CCC(N)CC2)cc1F.C[C@H]1CC[C@@H](c2ccccc2)S(=O)(=O)N1Cc1cc(F)c(C2(O)CCC(n3cnnc3)CC2)cc1F.C[C@H]1CC[C@H](c2ccccc2)S(=O)(=O)N1Cc1cc(F)c(C2(O)CCC(n3cnnc3)CC2)cc1F. The molecule has 1 unspecified atom stereocenters. The number of hydrogen-bond acceptors (Lipinski definition) is 14. The molecule has 19 nitrogen and oxygen atoms in total. The van der Waals surface area contributed by atoms with Crippen LogP contribution in [0.5, 0.6) is 0 Å². The van der Waals surface area contributed by atoms with Gasteiger partial charge in [-0.05, 0) is 189 Å². The Kier molecular flexibility index (Phi) is 23.0. The lowest BCUT2D eigenvalue weighted by Gasteiger charge is -2.38. The Morgan fingerprint density at radius 2 is 0.625 bits per heavy atom. The standard InChI is InChI=1S/2C26H30F2N4O3S.C24H30F2N2O3S/c2*1-18-7-8-25(19-5-3-2-4-6-19)36(34,35)32(18)15-20-13-24(28)22(14-23(20)27)26(33)11-9-21(10-12-26)31-16-29-30-17-31;1-16-7-8-23(17-5-3-2-4-6-17)32(30,31)28(16)15-18-13-22(26)20(14-21(18)25)24(29)11-9-19(27)10-12-24/h2*2-6,13-14,16-18,21,25,33H,7-12,15H2,1H3;2-6,13-14,16,19,23,29H,7-12,15,27H2,1H3/t18-,21?,25+,26?;18-,21?,25-,26?;16-,19?,23?,24?/m000/s1. The minimum atomic E-state index is -3.78. The summed E-state index contributed by atoms with van der Waals surface area (Å²) in [7, 11) is -11.3. The van der Waals surface area contributed by atoms with E-state index in [4.69, 9.17) is 5.73 Å². The summed E-state index contributed by atoms with van der Waals surface area (Å²) in [6.45, 7) is 4.60. The maximum Gasteiger partial charge on any atom is 0.221 e. The van der Waals surface area contributed by atoms with Gasteiger partial charge in [0.1, 0.15) is 76.0 Å². The molecule has 5 heterocycles. The minimum Gasteiger partial charge on any atom is -0.385 e. The zero-order valence-electron chi connectivity index (χ0n) is 58.4. The molecule has 0 spiro atoms. The molecule has 0 bridgehead atoms. The second kappa shape index (κ2) is 31.3. The van der Waals surface area contributed by atoms with Gasteiger partial charge in [-0.2, -0.15) is 12.9 Å². The quantitative estimate of drug-likeness (QED) is 0.0738. The Balaban J connectivity index is 0.000000147. The molecular weight excluding hydrogens is 1410 g/mol. The summed E-state index contributed by atoms with van der Waals surface area (Å²) in [5.41, 5.74) is 3.18. The van der Waals surface area contributed by atoms with E-state index in [-0.39, 0.29) is 128 Å². The van der Waals surface area contributed by atoms with Crippen molar-refractivity contribution < 1.29 is 66.9 Å². The first kappa shape index (κ1) is 76.4. The molecule has 28 heteroatoms. The van der Waals surface area contributed by atoms with Crippen molar-refractivity contribution in [1.29, 1.82) is 0 Å². The van der Waals surface area contributed by atoms with Crippen LogP contribution in [0.25, 0.3) is 0 Å². The molecule has 558 valence electrons. The van der Waals surface area contributed by atoms with Crippen LogP contribution in [0, 0.1) is 34.9 Å². The minimum absolute atomic E-state index is 0.0357. The van der Waals surface area contributed by atoms with Crippen LogP contribution >= 0.6 is 0 Å². The van der Waals surface area contributed by atoms with Gasteiger partial charge in [0.2, 0.25) is 30.1 Å². The number of aliphatic hydroxyl groups is 3. The second-order valence-electron chi connectivity index (χ2n) is 29.2. The van der Waals surface area contributed by atoms with E-state index in [0.29, 0.717) is 93.7 Å². The van der Waals surface area contributed by atoms with Crippen LogP contribution in [-0.2, 0) is 66.5 Å². The number of sulfonamides is 3. The van der Waals surface area contributed by atoms with Gasteiger partial charge in [0.05, 0.1) is 16.8 Å². The van der Waals surface area contributed by atoms with Gasteiger partial charge in [-0.25, -0.2) is 51.6 Å². The van der Waals surface area contributed by atoms with Crippen molar-refractivity contribution in [3.05, 3.63) is 238 Å². The maximum absolute atomic E-state index is 15.3. The molecule has 3 saturated carbocycles. The highest BCUT2D eigenvalue weighted by molar-refractivity contribution is 7.90. The Morgan fingerprint density at radius 1 is 0.375 bits per heavy atom. The number of nitrogens with zero attached hydrogens (tertiary/aromatic N) is 9. The van der Waals surface area contributed by atoms with Crippen LogP contribution in [0.2, 0.25) is 0 Å². The molecule has 5 N–H and O–H groups in total. The van der Waals surface area contributed by atoms with Gasteiger partial charge in [-0.3, -0.25) is 0 Å². The topological polar surface area (TPSA) is 260 Å². The second-order valence-corrected chi connectivity index (χ2v) is 35.4. The van der Waals surface area contributed by atoms with Crippen LogP contribution in [0.15, 0.2) is 153 Å². The molecule has 3 saturated heterocycles. The van der Waals surface area contributed by atoms with E-state index < -0.39 is 97.5 Å². The fraction of sp³-hybridized carbons (Fsp3) is 0.474. The lowest BCUT2D eigenvalue weighted by molar-refractivity contribution is -0.0158. The van der Waals surface area contributed by atoms with Crippen LogP contribution in [0.3, 0.4) is 0 Å². The Morgan fingerprint density at radius 3 is 0.885 bits per heavy atom. The van der Waals surface area contributed by atoms with Crippen molar-refractivity contribution in [3.8, 4) is 0 Å². The largest absolute Gasteiger partial charge is 0.385 e. The lowest BCUT2D eigenvalue weighted by atomic mass is 9.77. The molecule has 6 aromatic carbocycles. The van der Waals surface area contributed by atoms with Crippen LogP contribution < -0.4 is 5.73 Å². The van der Waals surface area contributed by atoms with Crippen LogP contribution in [0.4, 0.5) is 26.3 Å². The third-order valence-corrected chi connectivity index (χ3v) is 29.7. The zero-order chi connectivity index (χ0) is 74.1. The molecule has 2 aromatic heterocycles. The normalized spacial score (nSPS) is 29.4. The summed E-state index contributed by atoms with van der Waals surface area (Å²) in [6, 6.07) is 32.3. The molecule has 3 aliphatic carbocycles. The van der Waals surface area contributed by atoms with Gasteiger partial charge in [0, 0.05) is 89.3 Å². The number of benzene rings is 6. The summed E-state index contributed by atoms with van der Waals surface area (Å²) in [6.07, 6.45) is 14.7. The van der Waals surface area contributed by atoms with Gasteiger partial charge < -0.3 is 30.2 Å². The van der Waals surface area contributed by atoms with E-state index in [2.05, 4.69) is 20.4 Å². The summed E-state index contributed by atoms with van der Waals surface area (Å²) in [4.78, 5) is 0. The van der Waals surface area contributed by atoms with Gasteiger partial charge in [0.15, 0.2) is 0 Å². The van der Waals surface area contributed by atoms with E-state index in [0.717, 1.165) is 36.4 Å². The van der Waals surface area contributed by atoms with E-state index in [9.17, 15) is 40.6 Å². The predicted octanol–water partition coefficient (Wildman–Crippen LogP) is 13.3. The molecular formula is C76H90F6N10O9S3.